The van der Waals surface area contributed by atoms with Gasteiger partial charge in [0, 0.05) is 44.0 Å². The Hall–Kier alpha value is -1.82. The van der Waals surface area contributed by atoms with Gasteiger partial charge in [-0.15, -0.1) is 0 Å². The Morgan fingerprint density at radius 2 is 1.67 bits per heavy atom. The predicted octanol–water partition coefficient (Wildman–Crippen LogP) is -1.75. The van der Waals surface area contributed by atoms with E-state index in [1.165, 1.54) is 24.3 Å². The zero-order chi connectivity index (χ0) is 20.4. The van der Waals surface area contributed by atoms with Crippen LogP contribution < -0.4 is 43.8 Å². The second-order valence-corrected chi connectivity index (χ2v) is 8.00. The SMILES string of the molecule is O=C(c1ccc(NS(=O)(=O)[O-])cc1)N1CCN(Cc2ccc3c(c2)OCO3)CC1.[Na+]. The number of rotatable bonds is 5. The van der Waals surface area contributed by atoms with Crippen LogP contribution in [-0.4, -0.2) is 61.6 Å². The molecule has 2 aromatic carbocycles. The molecule has 154 valence electrons. The van der Waals surface area contributed by atoms with Gasteiger partial charge in [0.1, 0.15) is 0 Å². The maximum atomic E-state index is 12.7. The molecule has 2 heterocycles. The van der Waals surface area contributed by atoms with Crippen LogP contribution in [0, 0.1) is 0 Å². The fourth-order valence-corrected chi connectivity index (χ4v) is 3.84. The van der Waals surface area contributed by atoms with E-state index in [2.05, 4.69) is 4.90 Å². The van der Waals surface area contributed by atoms with Crippen LogP contribution in [0.15, 0.2) is 42.5 Å². The quantitative estimate of drug-likeness (QED) is 0.433. The minimum absolute atomic E-state index is 0. The van der Waals surface area contributed by atoms with Crippen molar-refractivity contribution in [2.24, 2.45) is 0 Å². The number of piperazine rings is 1. The molecule has 1 fully saturated rings. The molecule has 0 saturated carbocycles. The second kappa shape index (κ2) is 9.54. The zero-order valence-corrected chi connectivity index (χ0v) is 19.4. The number of nitrogens with one attached hydrogen (secondary N) is 1. The van der Waals surface area contributed by atoms with Gasteiger partial charge in [0.25, 0.3) is 5.91 Å². The summed E-state index contributed by atoms with van der Waals surface area (Å²) in [5.41, 5.74) is 1.71. The van der Waals surface area contributed by atoms with E-state index in [1.54, 1.807) is 4.90 Å². The van der Waals surface area contributed by atoms with Gasteiger partial charge in [0.05, 0.1) is 0 Å². The summed E-state index contributed by atoms with van der Waals surface area (Å²) in [7, 11) is -4.58. The summed E-state index contributed by atoms with van der Waals surface area (Å²) in [6.07, 6.45) is 0. The van der Waals surface area contributed by atoms with Gasteiger partial charge in [0.15, 0.2) is 21.8 Å². The third kappa shape index (κ3) is 5.65. The van der Waals surface area contributed by atoms with Gasteiger partial charge in [-0.05, 0) is 42.0 Å². The summed E-state index contributed by atoms with van der Waals surface area (Å²) in [5, 5.41) is 0. The number of benzene rings is 2. The molecular weight excluding hydrogens is 421 g/mol. The fourth-order valence-electron chi connectivity index (χ4n) is 3.41. The first-order valence-corrected chi connectivity index (χ1v) is 10.5. The zero-order valence-electron chi connectivity index (χ0n) is 16.5. The number of carbonyl (C=O) groups is 1. The number of amides is 1. The molecule has 2 aromatic rings. The Labute approximate surface area is 197 Å². The topological polar surface area (TPSA) is 111 Å². The van der Waals surface area contributed by atoms with Crippen molar-refractivity contribution in [3.8, 4) is 11.5 Å². The maximum absolute atomic E-state index is 12.7. The number of fused-ring (bicyclic) bond motifs is 1. The maximum Gasteiger partial charge on any atom is 1.00 e. The third-order valence-electron chi connectivity index (χ3n) is 4.88. The van der Waals surface area contributed by atoms with E-state index in [1.807, 2.05) is 22.9 Å². The predicted molar refractivity (Wildman–Crippen MR) is 104 cm³/mol. The Morgan fingerprint density at radius 3 is 2.33 bits per heavy atom. The van der Waals surface area contributed by atoms with E-state index in [4.69, 9.17) is 9.47 Å². The molecule has 1 N–H and O–H groups in total. The fraction of sp³-hybridized carbons (Fsp3) is 0.316. The molecular formula is C19H20N3NaO6S. The molecule has 1 amide bonds. The first-order chi connectivity index (χ1) is 13.9. The van der Waals surface area contributed by atoms with Crippen LogP contribution in [0.5, 0.6) is 11.5 Å². The number of hydrogen-bond acceptors (Lipinski definition) is 7. The van der Waals surface area contributed by atoms with Crippen molar-refractivity contribution in [1.82, 2.24) is 9.80 Å². The standard InChI is InChI=1S/C19H21N3O6S.Na/c23-19(15-2-4-16(5-3-15)20-29(24,25)26)22-9-7-21(8-10-22)12-14-1-6-17-18(11-14)28-13-27-17;/h1-6,11,20H,7-10,12-13H2,(H,24,25,26);/q;+1/p-1. The van der Waals surface area contributed by atoms with Gasteiger partial charge in [-0.25, -0.2) is 8.42 Å². The molecule has 0 aliphatic carbocycles. The van der Waals surface area contributed by atoms with E-state index in [-0.39, 0.29) is 47.9 Å². The van der Waals surface area contributed by atoms with E-state index >= 15 is 0 Å². The van der Waals surface area contributed by atoms with E-state index in [0.29, 0.717) is 18.7 Å². The number of nitrogens with zero attached hydrogens (tertiary/aromatic N) is 2. The van der Waals surface area contributed by atoms with Crippen LogP contribution in [0.4, 0.5) is 5.69 Å². The van der Waals surface area contributed by atoms with Crippen molar-refractivity contribution < 1.29 is 56.8 Å². The summed E-state index contributed by atoms with van der Waals surface area (Å²) in [6.45, 7) is 3.70. The molecule has 30 heavy (non-hydrogen) atoms. The molecule has 9 nitrogen and oxygen atoms in total. The number of hydrogen-bond donors (Lipinski definition) is 1. The van der Waals surface area contributed by atoms with Crippen molar-refractivity contribution in [2.75, 3.05) is 37.7 Å². The van der Waals surface area contributed by atoms with Crippen molar-refractivity contribution in [1.29, 1.82) is 0 Å². The van der Waals surface area contributed by atoms with Gasteiger partial charge in [-0.2, -0.15) is 0 Å². The smallest absolute Gasteiger partial charge is 0.731 e. The van der Waals surface area contributed by atoms with Crippen LogP contribution in [0.3, 0.4) is 0 Å². The average molecular weight is 441 g/mol. The molecule has 0 unspecified atom stereocenters. The van der Waals surface area contributed by atoms with Gasteiger partial charge in [-0.3, -0.25) is 14.4 Å². The molecule has 0 bridgehead atoms. The van der Waals surface area contributed by atoms with Crippen molar-refractivity contribution in [3.05, 3.63) is 53.6 Å². The number of ether oxygens (including phenoxy) is 2. The molecule has 0 aromatic heterocycles. The second-order valence-electron chi connectivity index (χ2n) is 6.89. The summed E-state index contributed by atoms with van der Waals surface area (Å²) >= 11 is 0. The Morgan fingerprint density at radius 1 is 1.00 bits per heavy atom. The van der Waals surface area contributed by atoms with Gasteiger partial charge in [0.2, 0.25) is 6.79 Å². The van der Waals surface area contributed by atoms with E-state index in [9.17, 15) is 17.8 Å². The van der Waals surface area contributed by atoms with Gasteiger partial charge >= 0.3 is 29.6 Å². The molecule has 0 atom stereocenters. The Kier molecular flexibility index (Phi) is 7.27. The van der Waals surface area contributed by atoms with Crippen molar-refractivity contribution in [2.45, 2.75) is 6.54 Å². The van der Waals surface area contributed by atoms with Crippen LogP contribution in [0.2, 0.25) is 0 Å². The minimum Gasteiger partial charge on any atom is -0.731 e. The molecule has 1 saturated heterocycles. The molecule has 4 rings (SSSR count). The number of carbonyl (C=O) groups excluding carboxylic acids is 1. The van der Waals surface area contributed by atoms with Crippen molar-refractivity contribution in [3.63, 3.8) is 0 Å². The summed E-state index contributed by atoms with van der Waals surface area (Å²) < 4.78 is 44.8. The molecule has 2 aliphatic rings. The van der Waals surface area contributed by atoms with E-state index in [0.717, 1.165) is 36.7 Å². The van der Waals surface area contributed by atoms with Crippen molar-refractivity contribution >= 4 is 21.9 Å². The largest absolute Gasteiger partial charge is 1.00 e. The molecule has 0 radical (unpaired) electrons. The molecule has 0 spiro atoms. The molecule has 11 heteroatoms. The minimum atomic E-state index is -4.58. The Bertz CT molecular complexity index is 1010. The Balaban J connectivity index is 0.00000256. The first-order valence-electron chi connectivity index (χ1n) is 9.11. The normalized spacial score (nSPS) is 16.1. The third-order valence-corrected chi connectivity index (χ3v) is 5.36. The molecule has 2 aliphatic heterocycles. The number of anilines is 1. The average Bonchev–Trinajstić information content (AvgIpc) is 3.15. The summed E-state index contributed by atoms with van der Waals surface area (Å²) in [5.74, 6) is 1.40. The van der Waals surface area contributed by atoms with Gasteiger partial charge < -0.3 is 18.9 Å². The van der Waals surface area contributed by atoms with Gasteiger partial charge in [-0.1, -0.05) is 6.07 Å². The monoisotopic (exact) mass is 441 g/mol. The van der Waals surface area contributed by atoms with E-state index < -0.39 is 10.3 Å². The van der Waals surface area contributed by atoms with Crippen LogP contribution in [0.1, 0.15) is 15.9 Å². The summed E-state index contributed by atoms with van der Waals surface area (Å²) in [6, 6.07) is 11.7. The van der Waals surface area contributed by atoms with Crippen LogP contribution in [-0.2, 0) is 16.8 Å². The van der Waals surface area contributed by atoms with Crippen LogP contribution >= 0.6 is 0 Å². The van der Waals surface area contributed by atoms with Crippen LogP contribution in [0.25, 0.3) is 0 Å². The first kappa shape index (κ1) is 22.9. The summed E-state index contributed by atoms with van der Waals surface area (Å²) in [4.78, 5) is 16.7.